The lowest BCUT2D eigenvalue weighted by atomic mass is 9.78. The largest absolute Gasteiger partial charge is 0.497 e. The lowest BCUT2D eigenvalue weighted by Crippen LogP contribution is -2.26. The zero-order valence-electron chi connectivity index (χ0n) is 19.1. The van der Waals surface area contributed by atoms with Crippen LogP contribution < -0.4 is 20.1 Å². The number of anilines is 2. The van der Waals surface area contributed by atoms with Gasteiger partial charge in [0.15, 0.2) is 5.78 Å². The van der Waals surface area contributed by atoms with E-state index >= 15 is 0 Å². The van der Waals surface area contributed by atoms with Gasteiger partial charge >= 0.3 is 5.97 Å². The molecule has 1 aliphatic carbocycles. The Hall–Kier alpha value is -4.06. The summed E-state index contributed by atoms with van der Waals surface area (Å²) in [6.45, 7) is 1.38. The molecule has 2 atom stereocenters. The van der Waals surface area contributed by atoms with Gasteiger partial charge < -0.3 is 20.1 Å². The Morgan fingerprint density at radius 3 is 2.18 bits per heavy atom. The van der Waals surface area contributed by atoms with Crippen molar-refractivity contribution >= 4 is 23.1 Å². The first-order chi connectivity index (χ1) is 16.5. The number of carbonyl (C=O) groups excluding carboxylic acids is 2. The smallest absolute Gasteiger partial charge is 0.308 e. The van der Waals surface area contributed by atoms with Crippen LogP contribution in [0.1, 0.15) is 42.9 Å². The Labute approximate surface area is 198 Å². The number of hydrogen-bond donors (Lipinski definition) is 2. The highest BCUT2D eigenvalue weighted by molar-refractivity contribution is 6.01. The number of hydrogen-bond acceptors (Lipinski definition) is 6. The van der Waals surface area contributed by atoms with Crippen LogP contribution in [0, 0.1) is 0 Å². The summed E-state index contributed by atoms with van der Waals surface area (Å²) in [4.78, 5) is 24.9. The van der Waals surface area contributed by atoms with Gasteiger partial charge in [-0.2, -0.15) is 0 Å². The number of esters is 1. The zero-order valence-corrected chi connectivity index (χ0v) is 19.1. The molecule has 0 amide bonds. The summed E-state index contributed by atoms with van der Waals surface area (Å²) in [6, 6.07) is 22.9. The van der Waals surface area contributed by atoms with Gasteiger partial charge in [-0.3, -0.25) is 9.59 Å². The molecule has 2 aliphatic rings. The summed E-state index contributed by atoms with van der Waals surface area (Å²) >= 11 is 0. The van der Waals surface area contributed by atoms with Crippen molar-refractivity contribution < 1.29 is 19.1 Å². The van der Waals surface area contributed by atoms with Crippen LogP contribution in [-0.4, -0.2) is 18.9 Å². The van der Waals surface area contributed by atoms with E-state index in [4.69, 9.17) is 9.47 Å². The Bertz CT molecular complexity index is 1260. The van der Waals surface area contributed by atoms with Gasteiger partial charge in [-0.1, -0.05) is 36.4 Å². The standard InChI is InChI=1S/C28H26N2O4/c1-17(31)34-22-13-9-19(10-14-22)28-27-25(29-23-5-3-4-6-24(23)30-28)15-20(16-26(27)32)18-7-11-21(33-2)12-8-18/h3-14,20,28-30H,15-16H2,1-2H3/t20-,28+/m0/s1. The van der Waals surface area contributed by atoms with E-state index in [2.05, 4.69) is 10.6 Å². The molecule has 3 aromatic carbocycles. The zero-order chi connectivity index (χ0) is 23.7. The van der Waals surface area contributed by atoms with E-state index in [9.17, 15) is 9.59 Å². The molecule has 34 heavy (non-hydrogen) atoms. The molecule has 0 saturated carbocycles. The molecule has 0 radical (unpaired) electrons. The number of ketones is 1. The van der Waals surface area contributed by atoms with E-state index in [1.807, 2.05) is 60.7 Å². The molecule has 3 aromatic rings. The first kappa shape index (κ1) is 21.8. The van der Waals surface area contributed by atoms with Crippen molar-refractivity contribution in [3.8, 4) is 11.5 Å². The second kappa shape index (κ2) is 9.06. The normalized spacial score (nSPS) is 19.2. The van der Waals surface area contributed by atoms with E-state index < -0.39 is 0 Å². The molecule has 5 rings (SSSR count). The van der Waals surface area contributed by atoms with Crippen molar-refractivity contribution in [1.29, 1.82) is 0 Å². The highest BCUT2D eigenvalue weighted by Gasteiger charge is 2.36. The van der Waals surface area contributed by atoms with Gasteiger partial charge in [0.1, 0.15) is 11.5 Å². The fraction of sp³-hybridized carbons (Fsp3) is 0.214. The number of allylic oxidation sites excluding steroid dienone is 1. The highest BCUT2D eigenvalue weighted by atomic mass is 16.5. The van der Waals surface area contributed by atoms with Crippen LogP contribution in [0.2, 0.25) is 0 Å². The highest BCUT2D eigenvalue weighted by Crippen LogP contribution is 2.44. The van der Waals surface area contributed by atoms with Crippen LogP contribution in [0.15, 0.2) is 84.1 Å². The minimum atomic E-state index is -0.365. The second-order valence-electron chi connectivity index (χ2n) is 8.60. The van der Waals surface area contributed by atoms with Crippen LogP contribution in [0.3, 0.4) is 0 Å². The molecule has 172 valence electrons. The molecule has 0 aromatic heterocycles. The minimum absolute atomic E-state index is 0.0851. The molecule has 6 heteroatoms. The second-order valence-corrected chi connectivity index (χ2v) is 8.60. The molecule has 0 saturated heterocycles. The monoisotopic (exact) mass is 454 g/mol. The number of carbonyl (C=O) groups is 2. The molecule has 0 spiro atoms. The first-order valence-corrected chi connectivity index (χ1v) is 11.3. The average molecular weight is 455 g/mol. The topological polar surface area (TPSA) is 76.7 Å². The maximum atomic E-state index is 13.6. The summed E-state index contributed by atoms with van der Waals surface area (Å²) in [6.07, 6.45) is 1.17. The van der Waals surface area contributed by atoms with Gasteiger partial charge in [0.25, 0.3) is 0 Å². The molecule has 6 nitrogen and oxygen atoms in total. The van der Waals surface area contributed by atoms with Gasteiger partial charge in [-0.25, -0.2) is 0 Å². The maximum absolute atomic E-state index is 13.6. The lowest BCUT2D eigenvalue weighted by Gasteiger charge is -2.30. The number of methoxy groups -OCH3 is 1. The Kier molecular flexibility index (Phi) is 5.80. The summed E-state index contributed by atoms with van der Waals surface area (Å²) in [5, 5.41) is 7.12. The Morgan fingerprint density at radius 1 is 0.853 bits per heavy atom. The maximum Gasteiger partial charge on any atom is 0.308 e. The third-order valence-corrected chi connectivity index (χ3v) is 6.37. The van der Waals surface area contributed by atoms with Crippen LogP contribution >= 0.6 is 0 Å². The minimum Gasteiger partial charge on any atom is -0.497 e. The van der Waals surface area contributed by atoms with Crippen molar-refractivity contribution in [2.45, 2.75) is 31.7 Å². The van der Waals surface area contributed by atoms with Gasteiger partial charge in [0.05, 0.1) is 24.5 Å². The van der Waals surface area contributed by atoms with Crippen LogP contribution in [0.25, 0.3) is 0 Å². The summed E-state index contributed by atoms with van der Waals surface area (Å²) in [5.41, 5.74) is 5.61. The third-order valence-electron chi connectivity index (χ3n) is 6.37. The van der Waals surface area contributed by atoms with Gasteiger partial charge in [0.2, 0.25) is 0 Å². The van der Waals surface area contributed by atoms with Crippen molar-refractivity contribution in [2.75, 3.05) is 17.7 Å². The fourth-order valence-electron chi connectivity index (χ4n) is 4.75. The quantitative estimate of drug-likeness (QED) is 0.395. The fourth-order valence-corrected chi connectivity index (χ4v) is 4.75. The third kappa shape index (κ3) is 4.27. The SMILES string of the molecule is COc1ccc([C@@H]2CC(=O)C3=C(C2)Nc2ccccc2N[C@@H]3c2ccc(OC(C)=O)cc2)cc1. The van der Waals surface area contributed by atoms with Crippen molar-refractivity contribution in [3.05, 3.63) is 95.2 Å². The van der Waals surface area contributed by atoms with Gasteiger partial charge in [-0.15, -0.1) is 0 Å². The molecule has 0 bridgehead atoms. The Morgan fingerprint density at radius 2 is 1.50 bits per heavy atom. The number of nitrogens with one attached hydrogen (secondary N) is 2. The molecular weight excluding hydrogens is 428 g/mol. The van der Waals surface area contributed by atoms with E-state index in [1.54, 1.807) is 19.2 Å². The number of fused-ring (bicyclic) bond motifs is 1. The van der Waals surface area contributed by atoms with E-state index in [0.29, 0.717) is 12.2 Å². The molecule has 1 aliphatic heterocycles. The van der Waals surface area contributed by atoms with Crippen LogP contribution in [-0.2, 0) is 9.59 Å². The summed E-state index contributed by atoms with van der Waals surface area (Å²) in [7, 11) is 1.65. The number of Topliss-reactive ketones (excluding diaryl/α,β-unsaturated/α-hetero) is 1. The molecular formula is C28H26N2O4. The van der Waals surface area contributed by atoms with Crippen molar-refractivity contribution in [3.63, 3.8) is 0 Å². The van der Waals surface area contributed by atoms with Crippen LogP contribution in [0.5, 0.6) is 11.5 Å². The van der Waals surface area contributed by atoms with Gasteiger partial charge in [0, 0.05) is 24.6 Å². The van der Waals surface area contributed by atoms with E-state index in [0.717, 1.165) is 45.9 Å². The predicted octanol–water partition coefficient (Wildman–Crippen LogP) is 5.60. The summed E-state index contributed by atoms with van der Waals surface area (Å²) < 4.78 is 10.5. The number of para-hydroxylation sites is 2. The average Bonchev–Trinajstić information content (AvgIpc) is 3.01. The van der Waals surface area contributed by atoms with Crippen LogP contribution in [0.4, 0.5) is 11.4 Å². The summed E-state index contributed by atoms with van der Waals surface area (Å²) in [5.74, 6) is 1.11. The predicted molar refractivity (Wildman–Crippen MR) is 131 cm³/mol. The van der Waals surface area contributed by atoms with Gasteiger partial charge in [-0.05, 0) is 59.9 Å². The molecule has 0 fully saturated rings. The number of benzene rings is 3. The first-order valence-electron chi connectivity index (χ1n) is 11.3. The van der Waals surface area contributed by atoms with Crippen molar-refractivity contribution in [2.24, 2.45) is 0 Å². The van der Waals surface area contributed by atoms with E-state index in [1.165, 1.54) is 6.92 Å². The van der Waals surface area contributed by atoms with Crippen molar-refractivity contribution in [1.82, 2.24) is 0 Å². The van der Waals surface area contributed by atoms with E-state index in [-0.39, 0.29) is 23.7 Å². The molecule has 0 unspecified atom stereocenters. The molecule has 2 N–H and O–H groups in total. The number of ether oxygens (including phenoxy) is 2. The lowest BCUT2D eigenvalue weighted by molar-refractivity contribution is -0.131. The number of rotatable bonds is 4. The Balaban J connectivity index is 1.53. The molecule has 1 heterocycles.